The van der Waals surface area contributed by atoms with Gasteiger partial charge < -0.3 is 24.2 Å². The fraction of sp³-hybridized carbons (Fsp3) is 0. The monoisotopic (exact) mass is 949 g/mol. The minimum Gasteiger partial charge on any atom is -0.311 e. The van der Waals surface area contributed by atoms with E-state index in [1.807, 2.05) is 11.8 Å². The molecule has 0 amide bonds. The molecule has 0 unspecified atom stereocenters. The smallest absolute Gasteiger partial charge is 0.252 e. The summed E-state index contributed by atoms with van der Waals surface area (Å²) >= 11 is 1.87. The minimum absolute atomic E-state index is 0.137. The van der Waals surface area contributed by atoms with Crippen molar-refractivity contribution in [3.05, 3.63) is 267 Å². The van der Waals surface area contributed by atoms with Crippen LogP contribution < -0.4 is 36.0 Å². The molecule has 0 spiro atoms. The molecule has 3 aliphatic rings. The van der Waals surface area contributed by atoms with Crippen LogP contribution in [-0.4, -0.2) is 11.3 Å². The van der Waals surface area contributed by atoms with Crippen LogP contribution >= 0.6 is 11.8 Å². The van der Waals surface area contributed by atoms with Crippen LogP contribution in [0, 0.1) is 0 Å². The van der Waals surface area contributed by atoms with Gasteiger partial charge in [0.15, 0.2) is 0 Å². The first-order chi connectivity index (χ1) is 36.2. The summed E-state index contributed by atoms with van der Waals surface area (Å²) in [5, 5.41) is 2.46. The Kier molecular flexibility index (Phi) is 9.53. The maximum Gasteiger partial charge on any atom is 0.252 e. The standard InChI is InChI=1S/C66H44BN5S/c1-7-23-45(24-8-1)68(46-25-9-2-10-26-46)51-39-62-66-63(40-51)72(50-33-17-6-18-34-50)60-44-61-65(73-64-38-22-21-37-57(64)70(61)48-29-13-4-14-30-48)42-55(60)67(66)54-41-53-52-35-19-20-36-56(52)69(47-27-11-3-12-28-47)58(53)43-59(54)71(62)49-31-15-5-16-32-49/h1-44H. The molecule has 3 aliphatic heterocycles. The van der Waals surface area contributed by atoms with E-state index in [4.69, 9.17) is 0 Å². The topological polar surface area (TPSA) is 17.9 Å². The maximum atomic E-state index is 2.55. The second-order valence-corrected chi connectivity index (χ2v) is 20.0. The molecule has 1 aromatic heterocycles. The predicted molar refractivity (Wildman–Crippen MR) is 308 cm³/mol. The first-order valence-electron chi connectivity index (χ1n) is 25.0. The Bertz CT molecular complexity index is 4040. The molecule has 12 aromatic rings. The number of para-hydroxylation sites is 8. The lowest BCUT2D eigenvalue weighted by molar-refractivity contribution is 1.16. The van der Waals surface area contributed by atoms with Crippen molar-refractivity contribution in [1.29, 1.82) is 0 Å². The summed E-state index contributed by atoms with van der Waals surface area (Å²) in [6.07, 6.45) is 0. The van der Waals surface area contributed by atoms with Crippen LogP contribution in [0.2, 0.25) is 0 Å². The van der Waals surface area contributed by atoms with Gasteiger partial charge in [0.25, 0.3) is 6.71 Å². The van der Waals surface area contributed by atoms with Crippen LogP contribution in [-0.2, 0) is 0 Å². The molecule has 7 heteroatoms. The molecule has 342 valence electrons. The Morgan fingerprint density at radius 3 is 1.36 bits per heavy atom. The van der Waals surface area contributed by atoms with E-state index in [0.717, 1.165) is 68.2 Å². The number of hydrogen-bond acceptors (Lipinski definition) is 5. The molecule has 0 atom stereocenters. The van der Waals surface area contributed by atoms with Gasteiger partial charge in [-0.15, -0.1) is 0 Å². The van der Waals surface area contributed by atoms with Gasteiger partial charge in [-0.1, -0.05) is 157 Å². The average molecular weight is 950 g/mol. The SMILES string of the molecule is c1ccc(N(c2ccccc2)c2cc3c4c(c2)N(c2ccccc2)c2cc5c(cc2B4c2cc4c(cc2N3c2ccccc2)N(c2ccccc2)c2ccccc2S4)c2ccccc2n5-c2ccccc2)cc1. The lowest BCUT2D eigenvalue weighted by Crippen LogP contribution is -2.61. The molecule has 0 fully saturated rings. The van der Waals surface area contributed by atoms with E-state index in [1.165, 1.54) is 53.7 Å². The van der Waals surface area contributed by atoms with Crippen LogP contribution in [0.4, 0.5) is 68.2 Å². The molecule has 15 rings (SSSR count). The number of fused-ring (bicyclic) bond motifs is 9. The normalized spacial score (nSPS) is 13.0. The molecule has 0 saturated heterocycles. The summed E-state index contributed by atoms with van der Waals surface area (Å²) in [4.78, 5) is 12.4. The van der Waals surface area contributed by atoms with Crippen molar-refractivity contribution in [2.75, 3.05) is 19.6 Å². The van der Waals surface area contributed by atoms with Crippen molar-refractivity contribution in [2.45, 2.75) is 9.79 Å². The second-order valence-electron chi connectivity index (χ2n) is 18.9. The highest BCUT2D eigenvalue weighted by Crippen LogP contribution is 2.55. The number of rotatable bonds is 7. The highest BCUT2D eigenvalue weighted by molar-refractivity contribution is 7.99. The van der Waals surface area contributed by atoms with Crippen molar-refractivity contribution in [3.8, 4) is 5.69 Å². The quantitative estimate of drug-likeness (QED) is 0.148. The molecule has 11 aromatic carbocycles. The summed E-state index contributed by atoms with van der Waals surface area (Å²) in [7, 11) is 0. The second kappa shape index (κ2) is 16.7. The van der Waals surface area contributed by atoms with Gasteiger partial charge >= 0.3 is 0 Å². The third-order valence-corrected chi connectivity index (χ3v) is 15.9. The first kappa shape index (κ1) is 41.6. The maximum absolute atomic E-state index is 2.55. The van der Waals surface area contributed by atoms with Crippen molar-refractivity contribution >= 4 is 125 Å². The molecule has 0 saturated carbocycles. The average Bonchev–Trinajstić information content (AvgIpc) is 3.79. The van der Waals surface area contributed by atoms with Crippen molar-refractivity contribution in [1.82, 2.24) is 4.57 Å². The van der Waals surface area contributed by atoms with E-state index in [-0.39, 0.29) is 6.71 Å². The van der Waals surface area contributed by atoms with Crippen molar-refractivity contribution in [3.63, 3.8) is 0 Å². The summed E-state index contributed by atoms with van der Waals surface area (Å²) in [5.41, 5.74) is 20.8. The van der Waals surface area contributed by atoms with Crippen LogP contribution in [0.5, 0.6) is 0 Å². The molecular weight excluding hydrogens is 906 g/mol. The molecule has 0 aliphatic carbocycles. The van der Waals surface area contributed by atoms with Crippen LogP contribution in [0.3, 0.4) is 0 Å². The van der Waals surface area contributed by atoms with E-state index < -0.39 is 0 Å². The lowest BCUT2D eigenvalue weighted by atomic mass is 9.33. The molecule has 73 heavy (non-hydrogen) atoms. The fourth-order valence-electron chi connectivity index (χ4n) is 11.8. The van der Waals surface area contributed by atoms with Gasteiger partial charge in [-0.2, -0.15) is 0 Å². The van der Waals surface area contributed by atoms with Crippen molar-refractivity contribution in [2.24, 2.45) is 0 Å². The van der Waals surface area contributed by atoms with Gasteiger partial charge in [-0.05, 0) is 138 Å². The Hall–Kier alpha value is -9.17. The van der Waals surface area contributed by atoms with E-state index in [9.17, 15) is 0 Å². The Balaban J connectivity index is 1.10. The summed E-state index contributed by atoms with van der Waals surface area (Å²) < 4.78 is 2.45. The van der Waals surface area contributed by atoms with Crippen LogP contribution in [0.15, 0.2) is 277 Å². The van der Waals surface area contributed by atoms with Crippen LogP contribution in [0.1, 0.15) is 0 Å². The highest BCUT2D eigenvalue weighted by Gasteiger charge is 2.46. The zero-order valence-electron chi connectivity index (χ0n) is 39.6. The van der Waals surface area contributed by atoms with Gasteiger partial charge in [-0.25, -0.2) is 0 Å². The molecule has 5 nitrogen and oxygen atoms in total. The molecule has 0 bridgehead atoms. The zero-order chi connectivity index (χ0) is 48.0. The van der Waals surface area contributed by atoms with E-state index in [0.29, 0.717) is 0 Å². The Morgan fingerprint density at radius 2 is 0.767 bits per heavy atom. The third kappa shape index (κ3) is 6.52. The minimum atomic E-state index is -0.137. The van der Waals surface area contributed by atoms with E-state index in [2.05, 4.69) is 291 Å². The van der Waals surface area contributed by atoms with Gasteiger partial charge in [0.2, 0.25) is 0 Å². The summed E-state index contributed by atoms with van der Waals surface area (Å²) in [6, 6.07) is 98.0. The molecule has 0 radical (unpaired) electrons. The number of benzene rings is 11. The summed E-state index contributed by atoms with van der Waals surface area (Å²) in [6.45, 7) is -0.137. The van der Waals surface area contributed by atoms with Gasteiger partial charge in [-0.3, -0.25) is 0 Å². The molecule has 4 heterocycles. The number of nitrogens with zero attached hydrogens (tertiary/aromatic N) is 5. The first-order valence-corrected chi connectivity index (χ1v) is 25.8. The Morgan fingerprint density at radius 1 is 0.301 bits per heavy atom. The number of hydrogen-bond donors (Lipinski definition) is 0. The van der Waals surface area contributed by atoms with Gasteiger partial charge in [0.1, 0.15) is 0 Å². The number of aromatic nitrogens is 1. The highest BCUT2D eigenvalue weighted by atomic mass is 32.2. The fourth-order valence-corrected chi connectivity index (χ4v) is 12.9. The van der Waals surface area contributed by atoms with E-state index in [1.54, 1.807) is 0 Å². The van der Waals surface area contributed by atoms with Gasteiger partial charge in [0, 0.05) is 77.4 Å². The Labute approximate surface area is 429 Å². The van der Waals surface area contributed by atoms with E-state index >= 15 is 0 Å². The predicted octanol–water partition coefficient (Wildman–Crippen LogP) is 16.3. The third-order valence-electron chi connectivity index (χ3n) is 14.8. The lowest BCUT2D eigenvalue weighted by Gasteiger charge is -2.46. The number of anilines is 12. The summed E-state index contributed by atoms with van der Waals surface area (Å²) in [5.74, 6) is 0. The van der Waals surface area contributed by atoms with Crippen molar-refractivity contribution < 1.29 is 0 Å². The zero-order valence-corrected chi connectivity index (χ0v) is 40.4. The molecular formula is C66H44BN5S. The van der Waals surface area contributed by atoms with Gasteiger partial charge in [0.05, 0.1) is 28.1 Å². The molecule has 0 N–H and O–H groups in total. The largest absolute Gasteiger partial charge is 0.311 e. The van der Waals surface area contributed by atoms with Crippen LogP contribution in [0.25, 0.3) is 27.5 Å².